The maximum Gasteiger partial charge on any atom is 0.274 e. The van der Waals surface area contributed by atoms with Crippen LogP contribution in [-0.4, -0.2) is 33.5 Å². The average molecular weight is 289 g/mol. The number of rotatable bonds is 2. The third kappa shape index (κ3) is 2.46. The van der Waals surface area contributed by atoms with Gasteiger partial charge in [0.25, 0.3) is 5.91 Å². The van der Waals surface area contributed by atoms with Crippen LogP contribution in [0.25, 0.3) is 0 Å². The van der Waals surface area contributed by atoms with Crippen LogP contribution in [0.3, 0.4) is 0 Å². The average Bonchev–Trinajstić information content (AvgIpc) is 2.38. The van der Waals surface area contributed by atoms with Gasteiger partial charge in [0.05, 0.1) is 11.6 Å². The molecule has 0 bridgehead atoms. The number of aryl methyl sites for hydroxylation is 1. The zero-order valence-electron chi connectivity index (χ0n) is 12.0. The fraction of sp³-hybridized carbons (Fsp3) is 0.533. The number of aromatic nitrogens is 1. The molecule has 1 aliphatic carbocycles. The van der Waals surface area contributed by atoms with Crippen molar-refractivity contribution in [3.05, 3.63) is 23.5 Å². The molecule has 3 rings (SSSR count). The van der Waals surface area contributed by atoms with Gasteiger partial charge in [0.1, 0.15) is 5.75 Å². The summed E-state index contributed by atoms with van der Waals surface area (Å²) in [6, 6.07) is 1.42. The third-order valence-corrected chi connectivity index (χ3v) is 4.49. The molecule has 2 amide bonds. The van der Waals surface area contributed by atoms with Crippen LogP contribution < -0.4 is 10.6 Å². The van der Waals surface area contributed by atoms with Crippen LogP contribution in [0.5, 0.6) is 5.75 Å². The van der Waals surface area contributed by atoms with Crippen LogP contribution in [0.2, 0.25) is 0 Å². The number of amides is 2. The van der Waals surface area contributed by atoms with E-state index in [-0.39, 0.29) is 34.8 Å². The lowest BCUT2D eigenvalue weighted by atomic mass is 9.68. The van der Waals surface area contributed by atoms with Crippen molar-refractivity contribution >= 4 is 11.8 Å². The summed E-state index contributed by atoms with van der Waals surface area (Å²) < 4.78 is 0. The highest BCUT2D eigenvalue weighted by atomic mass is 16.3. The summed E-state index contributed by atoms with van der Waals surface area (Å²) in [7, 11) is 0. The number of carbonyl (C=O) groups excluding carboxylic acids is 2. The molecule has 1 aliphatic heterocycles. The topological polar surface area (TPSA) is 91.3 Å². The van der Waals surface area contributed by atoms with E-state index in [4.69, 9.17) is 0 Å². The maximum absolute atomic E-state index is 12.3. The molecule has 1 spiro atoms. The molecule has 21 heavy (non-hydrogen) atoms. The monoisotopic (exact) mass is 289 g/mol. The zero-order chi connectivity index (χ0) is 15.0. The predicted octanol–water partition coefficient (Wildman–Crippen LogP) is 1.03. The van der Waals surface area contributed by atoms with E-state index in [1.54, 1.807) is 13.1 Å². The zero-order valence-corrected chi connectivity index (χ0v) is 12.0. The van der Waals surface area contributed by atoms with E-state index in [0.717, 1.165) is 24.8 Å². The van der Waals surface area contributed by atoms with E-state index >= 15 is 0 Å². The lowest BCUT2D eigenvalue weighted by molar-refractivity contribution is -0.127. The number of nitrogens with one attached hydrogen (secondary N) is 2. The minimum Gasteiger partial charge on any atom is -0.505 e. The highest BCUT2D eigenvalue weighted by Gasteiger charge is 2.48. The Morgan fingerprint density at radius 3 is 2.90 bits per heavy atom. The van der Waals surface area contributed by atoms with E-state index in [2.05, 4.69) is 15.6 Å². The molecule has 1 aromatic heterocycles. The molecule has 1 atom stereocenters. The Balaban J connectivity index is 1.76. The second-order valence-electron chi connectivity index (χ2n) is 6.00. The molecule has 6 heteroatoms. The van der Waals surface area contributed by atoms with Crippen molar-refractivity contribution in [1.82, 2.24) is 15.6 Å². The first-order valence-corrected chi connectivity index (χ1v) is 7.28. The Kier molecular flexibility index (Phi) is 3.31. The standard InChI is InChI=1S/C15H19N3O3/c1-9-7-10(19)13(16-8-9)14(21)17-11-3-4-12(20)18-15(11)5-2-6-15/h7-8,11,19H,2-6H2,1H3,(H,17,21)(H,18,20). The summed E-state index contributed by atoms with van der Waals surface area (Å²) in [4.78, 5) is 27.9. The number of piperidine rings is 1. The van der Waals surface area contributed by atoms with Crippen LogP contribution in [0.4, 0.5) is 0 Å². The molecule has 3 N–H and O–H groups in total. The summed E-state index contributed by atoms with van der Waals surface area (Å²) in [5.74, 6) is -0.452. The van der Waals surface area contributed by atoms with Gasteiger partial charge in [0.2, 0.25) is 5.91 Å². The lowest BCUT2D eigenvalue weighted by Crippen LogP contribution is -2.68. The molecular formula is C15H19N3O3. The number of aromatic hydroxyl groups is 1. The molecular weight excluding hydrogens is 270 g/mol. The highest BCUT2D eigenvalue weighted by Crippen LogP contribution is 2.39. The fourth-order valence-electron chi connectivity index (χ4n) is 3.18. The first-order chi connectivity index (χ1) is 10.00. The molecule has 1 saturated heterocycles. The third-order valence-electron chi connectivity index (χ3n) is 4.49. The van der Waals surface area contributed by atoms with E-state index in [0.29, 0.717) is 12.8 Å². The summed E-state index contributed by atoms with van der Waals surface area (Å²) in [5, 5.41) is 15.8. The van der Waals surface area contributed by atoms with Gasteiger partial charge < -0.3 is 15.7 Å². The van der Waals surface area contributed by atoms with Gasteiger partial charge in [-0.3, -0.25) is 9.59 Å². The number of nitrogens with zero attached hydrogens (tertiary/aromatic N) is 1. The molecule has 1 unspecified atom stereocenters. The summed E-state index contributed by atoms with van der Waals surface area (Å²) in [5.41, 5.74) is 0.530. The van der Waals surface area contributed by atoms with Crippen molar-refractivity contribution in [2.24, 2.45) is 0 Å². The van der Waals surface area contributed by atoms with Gasteiger partial charge >= 0.3 is 0 Å². The Labute approximate surface area is 123 Å². The van der Waals surface area contributed by atoms with Gasteiger partial charge in [-0.2, -0.15) is 0 Å². The summed E-state index contributed by atoms with van der Waals surface area (Å²) >= 11 is 0. The summed E-state index contributed by atoms with van der Waals surface area (Å²) in [6.45, 7) is 1.80. The first-order valence-electron chi connectivity index (χ1n) is 7.28. The smallest absolute Gasteiger partial charge is 0.274 e. The van der Waals surface area contributed by atoms with Crippen LogP contribution >= 0.6 is 0 Å². The normalized spacial score (nSPS) is 23.3. The molecule has 112 valence electrons. The van der Waals surface area contributed by atoms with Crippen molar-refractivity contribution in [3.8, 4) is 5.75 Å². The van der Waals surface area contributed by atoms with Crippen LogP contribution in [0.15, 0.2) is 12.3 Å². The van der Waals surface area contributed by atoms with E-state index < -0.39 is 0 Å². The fourth-order valence-corrected chi connectivity index (χ4v) is 3.18. The quantitative estimate of drug-likeness (QED) is 0.758. The second-order valence-corrected chi connectivity index (χ2v) is 6.00. The Morgan fingerprint density at radius 2 is 2.29 bits per heavy atom. The Hall–Kier alpha value is -2.11. The van der Waals surface area contributed by atoms with Gasteiger partial charge in [0, 0.05) is 12.6 Å². The van der Waals surface area contributed by atoms with E-state index in [1.165, 1.54) is 6.07 Å². The molecule has 2 aliphatic rings. The highest BCUT2D eigenvalue weighted by molar-refractivity contribution is 5.95. The molecule has 1 aromatic rings. The lowest BCUT2D eigenvalue weighted by Gasteiger charge is -2.50. The van der Waals surface area contributed by atoms with Crippen molar-refractivity contribution in [3.63, 3.8) is 0 Å². The maximum atomic E-state index is 12.3. The SMILES string of the molecule is Cc1cnc(C(=O)NC2CCC(=O)NC23CCC3)c(O)c1. The van der Waals surface area contributed by atoms with Gasteiger partial charge in [-0.05, 0) is 44.2 Å². The first kappa shape index (κ1) is 13.9. The minimum absolute atomic E-state index is 0.0342. The van der Waals surface area contributed by atoms with Gasteiger partial charge in [-0.1, -0.05) is 0 Å². The summed E-state index contributed by atoms with van der Waals surface area (Å²) in [6.07, 6.45) is 5.43. The Bertz CT molecular complexity index is 596. The van der Waals surface area contributed by atoms with Crippen LogP contribution in [-0.2, 0) is 4.79 Å². The van der Waals surface area contributed by atoms with E-state index in [1.807, 2.05) is 0 Å². The molecule has 2 fully saturated rings. The van der Waals surface area contributed by atoms with Crippen molar-refractivity contribution in [2.45, 2.75) is 50.6 Å². The number of pyridine rings is 1. The number of hydrogen-bond acceptors (Lipinski definition) is 4. The number of hydrogen-bond donors (Lipinski definition) is 3. The molecule has 1 saturated carbocycles. The van der Waals surface area contributed by atoms with Gasteiger partial charge in [-0.15, -0.1) is 0 Å². The van der Waals surface area contributed by atoms with Crippen molar-refractivity contribution in [1.29, 1.82) is 0 Å². The number of carbonyl (C=O) groups is 2. The molecule has 2 heterocycles. The van der Waals surface area contributed by atoms with Crippen molar-refractivity contribution in [2.75, 3.05) is 0 Å². The van der Waals surface area contributed by atoms with Crippen LogP contribution in [0.1, 0.15) is 48.2 Å². The van der Waals surface area contributed by atoms with E-state index in [9.17, 15) is 14.7 Å². The molecule has 0 radical (unpaired) electrons. The van der Waals surface area contributed by atoms with Crippen molar-refractivity contribution < 1.29 is 14.7 Å². The minimum atomic E-state index is -0.389. The van der Waals surface area contributed by atoms with Gasteiger partial charge in [0.15, 0.2) is 5.69 Å². The van der Waals surface area contributed by atoms with Crippen LogP contribution in [0, 0.1) is 6.92 Å². The predicted molar refractivity (Wildman–Crippen MR) is 75.9 cm³/mol. The molecule has 0 aromatic carbocycles. The molecule has 6 nitrogen and oxygen atoms in total. The van der Waals surface area contributed by atoms with Gasteiger partial charge in [-0.25, -0.2) is 4.98 Å². The second kappa shape index (κ2) is 5.02. The largest absolute Gasteiger partial charge is 0.505 e. The Morgan fingerprint density at radius 1 is 1.52 bits per heavy atom.